The predicted molar refractivity (Wildman–Crippen MR) is 291 cm³/mol. The lowest BCUT2D eigenvalue weighted by Crippen LogP contribution is -2.69. The molecule has 0 radical (unpaired) electrons. The van der Waals surface area contributed by atoms with Crippen molar-refractivity contribution in [2.45, 2.75) is 304 Å². The van der Waals surface area contributed by atoms with Gasteiger partial charge in [0, 0.05) is 12.8 Å². The Morgan fingerprint density at radius 1 is 0.463 bits per heavy atom. The predicted octanol–water partition coefficient (Wildman–Crippen LogP) is 4.32. The highest BCUT2D eigenvalue weighted by molar-refractivity contribution is 7.47. The van der Waals surface area contributed by atoms with E-state index in [0.717, 1.165) is 64.2 Å². The second-order valence-corrected chi connectivity index (χ2v) is 23.3. The molecule has 2 heterocycles. The number of rotatable bonds is 44. The number of aliphatic hydroxyl groups is 11. The topological polar surface area (TPSA) is 368 Å². The van der Waals surface area contributed by atoms with Crippen LogP contribution in [-0.4, -0.2) is 204 Å². The van der Waals surface area contributed by atoms with Crippen molar-refractivity contribution in [2.24, 2.45) is 0 Å². The molecule has 10 unspecified atom stereocenters. The van der Waals surface area contributed by atoms with Gasteiger partial charge in [0.1, 0.15) is 92.1 Å². The maximum atomic E-state index is 14.0. The van der Waals surface area contributed by atoms with E-state index in [4.69, 9.17) is 37.5 Å². The zero-order valence-corrected chi connectivity index (χ0v) is 48.5. The number of carbonyl (C=O) groups is 2. The van der Waals surface area contributed by atoms with Gasteiger partial charge >= 0.3 is 19.8 Å². The number of hydrogen-bond acceptors (Lipinski definition) is 22. The van der Waals surface area contributed by atoms with Gasteiger partial charge in [0.2, 0.25) is 0 Å². The molecule has 0 spiro atoms. The van der Waals surface area contributed by atoms with E-state index in [2.05, 4.69) is 26.0 Å². The number of allylic oxidation sites excluding steroid dienone is 2. The summed E-state index contributed by atoms with van der Waals surface area (Å²) in [5.41, 5.74) is 0. The summed E-state index contributed by atoms with van der Waals surface area (Å²) in [5.74, 6) is -1.34. The van der Waals surface area contributed by atoms with E-state index in [0.29, 0.717) is 12.8 Å². The molecule has 3 rings (SSSR count). The first kappa shape index (κ1) is 72.4. The Balaban J connectivity index is 1.69. The summed E-state index contributed by atoms with van der Waals surface area (Å²) in [6, 6.07) is 0. The number of unbranched alkanes of at least 4 members (excludes halogenated alkanes) is 24. The molecule has 2 aliphatic heterocycles. The SMILES string of the molecule is CCCCCC/C=C\CCCCCCCC(=O)O[C@H](COC(=O)CCCCCCCCCCCCCCCCCC)COP(=O)(O)OC1C(O[C@@H]2OC(CO)[C@H](O)C(O)[C@@H]2O)C(O)C(O)C(O)[C@H]1O[C@H]1OC(CO)[C@@H](O)C(O)[C@H]1O. The van der Waals surface area contributed by atoms with Crippen molar-refractivity contribution in [2.75, 3.05) is 26.4 Å². The minimum Gasteiger partial charge on any atom is -0.462 e. The number of phosphoric ester groups is 1. The molecule has 3 fully saturated rings. The Hall–Kier alpha value is -1.81. The molecular formula is C56H103O23P. The van der Waals surface area contributed by atoms with E-state index >= 15 is 0 Å². The average molecular weight is 1180 g/mol. The quantitative estimate of drug-likeness (QED) is 0.0175. The van der Waals surface area contributed by atoms with Gasteiger partial charge in [0.05, 0.1) is 19.8 Å². The first-order chi connectivity index (χ1) is 38.4. The van der Waals surface area contributed by atoms with Crippen molar-refractivity contribution in [1.82, 2.24) is 0 Å². The molecule has 2 saturated heterocycles. The minimum absolute atomic E-state index is 0.0390. The second kappa shape index (κ2) is 41.3. The van der Waals surface area contributed by atoms with Crippen LogP contribution >= 0.6 is 7.82 Å². The minimum atomic E-state index is -5.63. The zero-order valence-electron chi connectivity index (χ0n) is 47.6. The molecule has 1 saturated carbocycles. The normalized spacial score (nSPS) is 31.3. The Morgan fingerprint density at radius 2 is 0.825 bits per heavy atom. The number of ether oxygens (including phenoxy) is 6. The van der Waals surface area contributed by atoms with Gasteiger partial charge in [0.15, 0.2) is 18.7 Å². The number of carbonyl (C=O) groups excluding carboxylic acids is 2. The van der Waals surface area contributed by atoms with E-state index < -0.39 is 150 Å². The summed E-state index contributed by atoms with van der Waals surface area (Å²) >= 11 is 0. The van der Waals surface area contributed by atoms with E-state index in [1.807, 2.05) is 0 Å². The Kier molecular flexibility index (Phi) is 37.4. The average Bonchev–Trinajstić information content (AvgIpc) is 3.44. The Morgan fingerprint density at radius 3 is 1.24 bits per heavy atom. The third kappa shape index (κ3) is 26.6. The van der Waals surface area contributed by atoms with Crippen LogP contribution in [0.2, 0.25) is 0 Å². The summed E-state index contributed by atoms with van der Waals surface area (Å²) < 4.78 is 58.1. The molecule has 0 amide bonds. The van der Waals surface area contributed by atoms with Gasteiger partial charge in [-0.05, 0) is 38.5 Å². The molecule has 3 aliphatic rings. The third-order valence-electron chi connectivity index (χ3n) is 15.1. The fraction of sp³-hybridized carbons (Fsp3) is 0.929. The van der Waals surface area contributed by atoms with E-state index in [1.54, 1.807) is 0 Å². The van der Waals surface area contributed by atoms with Gasteiger partial charge in [0.25, 0.3) is 0 Å². The van der Waals surface area contributed by atoms with Gasteiger partial charge < -0.3 is 89.5 Å². The molecule has 0 bridgehead atoms. The number of aliphatic hydroxyl groups excluding tert-OH is 11. The molecule has 12 N–H and O–H groups in total. The first-order valence-electron chi connectivity index (χ1n) is 30.0. The van der Waals surface area contributed by atoms with Crippen molar-refractivity contribution >= 4 is 19.8 Å². The van der Waals surface area contributed by atoms with Crippen LogP contribution in [0.5, 0.6) is 0 Å². The van der Waals surface area contributed by atoms with Crippen LogP contribution in [0, 0.1) is 0 Å². The monoisotopic (exact) mass is 1170 g/mol. The van der Waals surface area contributed by atoms with Crippen molar-refractivity contribution in [3.05, 3.63) is 12.2 Å². The van der Waals surface area contributed by atoms with Crippen molar-refractivity contribution in [3.63, 3.8) is 0 Å². The zero-order chi connectivity index (χ0) is 58.9. The lowest BCUT2D eigenvalue weighted by molar-refractivity contribution is -0.360. The van der Waals surface area contributed by atoms with E-state index in [9.17, 15) is 75.2 Å². The largest absolute Gasteiger partial charge is 0.472 e. The molecule has 80 heavy (non-hydrogen) atoms. The van der Waals surface area contributed by atoms with Gasteiger partial charge in [-0.1, -0.05) is 161 Å². The highest BCUT2D eigenvalue weighted by Crippen LogP contribution is 2.49. The summed E-state index contributed by atoms with van der Waals surface area (Å²) in [7, 11) is -5.63. The van der Waals surface area contributed by atoms with Crippen LogP contribution in [0.25, 0.3) is 0 Å². The fourth-order valence-corrected chi connectivity index (χ4v) is 11.0. The van der Waals surface area contributed by atoms with E-state index in [-0.39, 0.29) is 12.8 Å². The lowest BCUT2D eigenvalue weighted by atomic mass is 9.84. The number of esters is 2. The van der Waals surface area contributed by atoms with Gasteiger partial charge in [-0.2, -0.15) is 0 Å². The van der Waals surface area contributed by atoms with Crippen LogP contribution in [0.15, 0.2) is 12.2 Å². The summed E-state index contributed by atoms with van der Waals surface area (Å²) in [5, 5.41) is 117. The highest BCUT2D eigenvalue weighted by atomic mass is 31.2. The van der Waals surface area contributed by atoms with Gasteiger partial charge in [-0.3, -0.25) is 18.6 Å². The number of phosphoric acid groups is 1. The molecular weight excluding hydrogens is 1070 g/mol. The van der Waals surface area contributed by atoms with Crippen LogP contribution in [0.1, 0.15) is 200 Å². The molecule has 0 aromatic carbocycles. The molecule has 0 aromatic rings. The van der Waals surface area contributed by atoms with Crippen LogP contribution in [-0.2, 0) is 51.6 Å². The standard InChI is InChI=1S/C56H103O23P/c1-3-5-7-9-11-13-15-17-18-19-21-22-24-26-28-30-32-41(59)72-36-38(74-42(60)33-31-29-27-25-23-20-16-14-12-10-8-6-4-2)37-73-80(70,71)79-54-52(77-55-50(68)45(63)43(61)39(34-57)75-55)48(66)47(65)49(67)53(54)78-56-51(69)46(64)44(62)40(35-58)76-56/h14,16,38-40,43-58,61-69H,3-13,15,17-37H2,1-2H3,(H,70,71)/b16-14-/t38-,39?,40?,43-,44+,45?,46?,47?,48?,49?,50-,51+,52-,53?,54?,55-,56+/m1/s1. The molecule has 24 heteroatoms. The molecule has 1 aliphatic carbocycles. The maximum absolute atomic E-state index is 14.0. The molecule has 23 nitrogen and oxygen atoms in total. The molecule has 0 aromatic heterocycles. The number of hydrogen-bond donors (Lipinski definition) is 12. The second-order valence-electron chi connectivity index (χ2n) is 21.9. The van der Waals surface area contributed by atoms with E-state index in [1.165, 1.54) is 96.3 Å². The van der Waals surface area contributed by atoms with Crippen molar-refractivity contribution in [3.8, 4) is 0 Å². The van der Waals surface area contributed by atoms with Crippen LogP contribution < -0.4 is 0 Å². The van der Waals surface area contributed by atoms with Crippen LogP contribution in [0.3, 0.4) is 0 Å². The molecule has 470 valence electrons. The highest BCUT2D eigenvalue weighted by Gasteiger charge is 2.58. The van der Waals surface area contributed by atoms with Crippen LogP contribution in [0.4, 0.5) is 0 Å². The van der Waals surface area contributed by atoms with Gasteiger partial charge in [-0.25, -0.2) is 4.57 Å². The Bertz CT molecular complexity index is 1640. The lowest BCUT2D eigenvalue weighted by Gasteiger charge is -2.49. The smallest absolute Gasteiger partial charge is 0.462 e. The summed E-state index contributed by atoms with van der Waals surface area (Å²) in [6.07, 6.45) is -0.928. The summed E-state index contributed by atoms with van der Waals surface area (Å²) in [4.78, 5) is 37.5. The van der Waals surface area contributed by atoms with Gasteiger partial charge in [-0.15, -0.1) is 0 Å². The Labute approximate surface area is 473 Å². The third-order valence-corrected chi connectivity index (χ3v) is 16.1. The fourth-order valence-electron chi connectivity index (χ4n) is 10.1. The van der Waals surface area contributed by atoms with Crippen molar-refractivity contribution in [1.29, 1.82) is 0 Å². The summed E-state index contributed by atoms with van der Waals surface area (Å²) in [6.45, 7) is 0.996. The molecule has 18 atom stereocenters. The maximum Gasteiger partial charge on any atom is 0.472 e. The first-order valence-corrected chi connectivity index (χ1v) is 31.5. The van der Waals surface area contributed by atoms with Crippen molar-refractivity contribution < 1.29 is 113 Å².